The van der Waals surface area contributed by atoms with Gasteiger partial charge in [-0.15, -0.1) is 0 Å². The molecule has 0 bridgehead atoms. The van der Waals surface area contributed by atoms with Crippen LogP contribution in [0.25, 0.3) is 0 Å². The molecule has 2 aromatic rings. The molecule has 1 saturated heterocycles. The first-order chi connectivity index (χ1) is 16.9. The van der Waals surface area contributed by atoms with E-state index in [2.05, 4.69) is 28.2 Å². The lowest BCUT2D eigenvalue weighted by atomic mass is 9.78. The fraction of sp³-hybridized carbons (Fsp3) is 0.407. The van der Waals surface area contributed by atoms with Gasteiger partial charge in [0.2, 0.25) is 0 Å². The number of fused-ring (bicyclic) bond motifs is 1. The third kappa shape index (κ3) is 5.55. The zero-order valence-electron chi connectivity index (χ0n) is 20.0. The van der Waals surface area contributed by atoms with E-state index in [1.807, 2.05) is 19.1 Å². The summed E-state index contributed by atoms with van der Waals surface area (Å²) in [5, 5.41) is 12.5. The van der Waals surface area contributed by atoms with Gasteiger partial charge in [0.15, 0.2) is 0 Å². The number of likely N-dealkylation sites (tertiary alicyclic amines) is 1. The lowest BCUT2D eigenvalue weighted by molar-refractivity contribution is 0.0949. The van der Waals surface area contributed by atoms with Crippen molar-refractivity contribution in [1.29, 1.82) is 5.26 Å². The highest BCUT2D eigenvalue weighted by Gasteiger charge is 2.34. The summed E-state index contributed by atoms with van der Waals surface area (Å²) in [6.07, 6.45) is 3.76. The lowest BCUT2D eigenvalue weighted by Crippen LogP contribution is -2.39. The van der Waals surface area contributed by atoms with Gasteiger partial charge in [-0.05, 0) is 50.1 Å². The zero-order chi connectivity index (χ0) is 24.8. The molecule has 8 nitrogen and oxygen atoms in total. The summed E-state index contributed by atoms with van der Waals surface area (Å²) in [4.78, 5) is 30.6. The van der Waals surface area contributed by atoms with Crippen molar-refractivity contribution in [2.75, 3.05) is 26.8 Å². The van der Waals surface area contributed by atoms with Crippen LogP contribution in [0, 0.1) is 29.1 Å². The first-order valence-electron chi connectivity index (χ1n) is 11.7. The first kappa shape index (κ1) is 24.1. The highest BCUT2D eigenvalue weighted by molar-refractivity contribution is 5.94. The van der Waals surface area contributed by atoms with Gasteiger partial charge in [0, 0.05) is 48.3 Å². The second kappa shape index (κ2) is 10.5. The van der Waals surface area contributed by atoms with Crippen LogP contribution in [-0.4, -0.2) is 48.7 Å². The molecule has 35 heavy (non-hydrogen) atoms. The number of ether oxygens (including phenoxy) is 2. The summed E-state index contributed by atoms with van der Waals surface area (Å²) < 4.78 is 10.5. The Morgan fingerprint density at radius 1 is 1.34 bits per heavy atom. The van der Waals surface area contributed by atoms with Crippen LogP contribution >= 0.6 is 0 Å². The number of nitrogens with zero attached hydrogens (tertiary/aromatic N) is 3. The number of carbonyl (C=O) groups excluding carboxylic acids is 2. The number of nitrogens with one attached hydrogen (secondary N) is 1. The number of amides is 2. The van der Waals surface area contributed by atoms with Crippen LogP contribution in [0.5, 0.6) is 5.75 Å². The fourth-order valence-electron chi connectivity index (χ4n) is 4.34. The van der Waals surface area contributed by atoms with Gasteiger partial charge in [-0.1, -0.05) is 11.8 Å². The summed E-state index contributed by atoms with van der Waals surface area (Å²) in [6, 6.07) is 11.2. The molecule has 2 amide bonds. The number of rotatable bonds is 3. The van der Waals surface area contributed by atoms with E-state index in [9.17, 15) is 14.9 Å². The minimum Gasteiger partial charge on any atom is -0.493 e. The van der Waals surface area contributed by atoms with Crippen LogP contribution in [0.4, 0.5) is 4.79 Å². The maximum atomic E-state index is 12.8. The van der Waals surface area contributed by atoms with Crippen molar-refractivity contribution in [2.24, 2.45) is 5.92 Å². The monoisotopic (exact) mass is 472 g/mol. The Kier molecular flexibility index (Phi) is 7.22. The van der Waals surface area contributed by atoms with Gasteiger partial charge in [0.1, 0.15) is 5.75 Å². The number of hydrogen-bond acceptors (Lipinski definition) is 6. The molecule has 1 fully saturated rings. The Hall–Kier alpha value is -4.04. The largest absolute Gasteiger partial charge is 0.493 e. The minimum absolute atomic E-state index is 0.0891. The molecule has 3 heterocycles. The highest BCUT2D eigenvalue weighted by atomic mass is 16.5. The van der Waals surface area contributed by atoms with Crippen LogP contribution in [0.3, 0.4) is 0 Å². The molecular formula is C27H28N4O4. The standard InChI is InChI=1S/C27H28N4O4/c1-27(18-28)10-13-35-24-8-7-21(15-23(24)27)25(32)30-16-22-14-19(9-11-29-22)5-6-20-4-3-12-31(17-20)26(33)34-2/h7-9,11,14-15,20H,3-4,10,12-13,16-17H2,1-2H3,(H,30,32)/t20?,27-/m0/s1. The van der Waals surface area contributed by atoms with E-state index in [4.69, 9.17) is 9.47 Å². The Balaban J connectivity index is 1.39. The van der Waals surface area contributed by atoms with Crippen LogP contribution in [-0.2, 0) is 16.7 Å². The number of piperidine rings is 1. The fourth-order valence-corrected chi connectivity index (χ4v) is 4.34. The Morgan fingerprint density at radius 3 is 3.00 bits per heavy atom. The summed E-state index contributed by atoms with van der Waals surface area (Å²) in [5.74, 6) is 6.92. The lowest BCUT2D eigenvalue weighted by Gasteiger charge is -2.30. The molecule has 2 aliphatic rings. The first-order valence-corrected chi connectivity index (χ1v) is 11.7. The van der Waals surface area contributed by atoms with Crippen molar-refractivity contribution in [1.82, 2.24) is 15.2 Å². The molecule has 1 aromatic heterocycles. The van der Waals surface area contributed by atoms with Crippen LogP contribution in [0.2, 0.25) is 0 Å². The molecular weight excluding hydrogens is 444 g/mol. The van der Waals surface area contributed by atoms with Crippen molar-refractivity contribution in [3.8, 4) is 23.7 Å². The number of carbonyl (C=O) groups is 2. The Labute approximate surface area is 205 Å². The molecule has 1 aromatic carbocycles. The van der Waals surface area contributed by atoms with E-state index in [0.29, 0.717) is 43.1 Å². The molecule has 8 heteroatoms. The van der Waals surface area contributed by atoms with E-state index in [1.54, 1.807) is 29.3 Å². The summed E-state index contributed by atoms with van der Waals surface area (Å²) >= 11 is 0. The maximum Gasteiger partial charge on any atom is 0.409 e. The second-order valence-electron chi connectivity index (χ2n) is 9.00. The summed E-state index contributed by atoms with van der Waals surface area (Å²) in [5.41, 5.74) is 2.02. The number of nitriles is 1. The maximum absolute atomic E-state index is 12.8. The predicted molar refractivity (Wildman–Crippen MR) is 129 cm³/mol. The highest BCUT2D eigenvalue weighted by Crippen LogP contribution is 2.38. The van der Waals surface area contributed by atoms with Gasteiger partial charge in [-0.3, -0.25) is 9.78 Å². The minimum atomic E-state index is -0.676. The summed E-state index contributed by atoms with van der Waals surface area (Å²) in [7, 11) is 1.39. The van der Waals surface area contributed by atoms with Gasteiger partial charge in [0.05, 0.1) is 37.4 Å². The molecule has 180 valence electrons. The van der Waals surface area contributed by atoms with E-state index in [1.165, 1.54) is 7.11 Å². The molecule has 1 unspecified atom stereocenters. The van der Waals surface area contributed by atoms with Gasteiger partial charge in [-0.2, -0.15) is 5.26 Å². The smallest absolute Gasteiger partial charge is 0.409 e. The van der Waals surface area contributed by atoms with Crippen molar-refractivity contribution < 1.29 is 19.1 Å². The topological polar surface area (TPSA) is 105 Å². The number of benzene rings is 1. The molecule has 2 aliphatic heterocycles. The molecule has 0 spiro atoms. The molecule has 0 aliphatic carbocycles. The van der Waals surface area contributed by atoms with Crippen molar-refractivity contribution >= 4 is 12.0 Å². The molecule has 1 N–H and O–H groups in total. The summed E-state index contributed by atoms with van der Waals surface area (Å²) in [6.45, 7) is 3.85. The molecule has 2 atom stereocenters. The quantitative estimate of drug-likeness (QED) is 0.687. The number of methoxy groups -OCH3 is 1. The van der Waals surface area contributed by atoms with E-state index >= 15 is 0 Å². The van der Waals surface area contributed by atoms with Crippen molar-refractivity contribution in [3.05, 3.63) is 58.9 Å². The Bertz CT molecular complexity index is 1230. The average Bonchev–Trinajstić information content (AvgIpc) is 2.90. The van der Waals surface area contributed by atoms with Crippen LogP contribution in [0.15, 0.2) is 36.5 Å². The van der Waals surface area contributed by atoms with Gasteiger partial charge in [-0.25, -0.2) is 4.79 Å². The van der Waals surface area contributed by atoms with E-state index < -0.39 is 5.41 Å². The van der Waals surface area contributed by atoms with Crippen LogP contribution < -0.4 is 10.1 Å². The number of pyridine rings is 1. The number of hydrogen-bond donors (Lipinski definition) is 1. The SMILES string of the molecule is COC(=O)N1CCCC(C#Cc2ccnc(CNC(=O)c3ccc4c(c3)[C@](C)(C#N)CCO4)c2)C1. The predicted octanol–water partition coefficient (Wildman–Crippen LogP) is 3.41. The second-order valence-corrected chi connectivity index (χ2v) is 9.00. The normalized spacial score (nSPS) is 20.8. The van der Waals surface area contributed by atoms with Gasteiger partial charge >= 0.3 is 6.09 Å². The van der Waals surface area contributed by atoms with Gasteiger partial charge in [0.25, 0.3) is 5.91 Å². The van der Waals surface area contributed by atoms with E-state index in [0.717, 1.165) is 24.0 Å². The molecule has 4 rings (SSSR count). The van der Waals surface area contributed by atoms with E-state index in [-0.39, 0.29) is 24.5 Å². The third-order valence-electron chi connectivity index (χ3n) is 6.46. The molecule has 0 saturated carbocycles. The van der Waals surface area contributed by atoms with Gasteiger partial charge < -0.3 is 19.7 Å². The average molecular weight is 473 g/mol. The third-order valence-corrected chi connectivity index (χ3v) is 6.46. The van der Waals surface area contributed by atoms with Crippen molar-refractivity contribution in [3.63, 3.8) is 0 Å². The van der Waals surface area contributed by atoms with Crippen LogP contribution in [0.1, 0.15) is 53.4 Å². The molecule has 0 radical (unpaired) electrons. The Morgan fingerprint density at radius 2 is 2.20 bits per heavy atom. The zero-order valence-corrected chi connectivity index (χ0v) is 20.0. The van der Waals surface area contributed by atoms with Crippen molar-refractivity contribution in [2.45, 2.75) is 38.1 Å². The number of aromatic nitrogens is 1.